The molecule has 2 aromatic carbocycles. The van der Waals surface area contributed by atoms with E-state index in [1.165, 1.54) is 4.90 Å². The number of ketones is 1. The molecule has 3 rings (SSSR count). The van der Waals surface area contributed by atoms with Crippen LogP contribution in [-0.4, -0.2) is 17.9 Å². The maximum absolute atomic E-state index is 12.5. The summed E-state index contributed by atoms with van der Waals surface area (Å²) in [5, 5.41) is 2.15. The Morgan fingerprint density at radius 3 is 2.60 bits per heavy atom. The van der Waals surface area contributed by atoms with Gasteiger partial charge in [-0.25, -0.2) is 14.9 Å². The second kappa shape index (κ2) is 7.00. The Morgan fingerprint density at radius 2 is 1.88 bits per heavy atom. The number of hydrogen-bond donors (Lipinski definition) is 1. The van der Waals surface area contributed by atoms with Gasteiger partial charge in [0.15, 0.2) is 5.78 Å². The molecule has 6 heteroatoms. The summed E-state index contributed by atoms with van der Waals surface area (Å²) in [5.41, 5.74) is 2.01. The van der Waals surface area contributed by atoms with Gasteiger partial charge in [0, 0.05) is 5.69 Å². The van der Waals surface area contributed by atoms with E-state index < -0.39 is 18.2 Å². The zero-order valence-electron chi connectivity index (χ0n) is 13.3. The minimum Gasteiger partial charge on any atom is -0.444 e. The minimum absolute atomic E-state index is 0.0444. The molecule has 25 heavy (non-hydrogen) atoms. The third-order valence-corrected chi connectivity index (χ3v) is 3.83. The number of rotatable bonds is 4. The topological polar surface area (TPSA) is 75.7 Å². The van der Waals surface area contributed by atoms with E-state index in [9.17, 15) is 14.4 Å². The van der Waals surface area contributed by atoms with Gasteiger partial charge in [0.1, 0.15) is 12.6 Å². The highest BCUT2D eigenvalue weighted by atomic mass is 16.5. The first kappa shape index (κ1) is 16.4. The number of carbonyl (C=O) groups excluding carboxylic acids is 3. The van der Waals surface area contributed by atoms with Gasteiger partial charge in [0.2, 0.25) is 0 Å². The Balaban J connectivity index is 1.66. The van der Waals surface area contributed by atoms with Gasteiger partial charge in [-0.2, -0.15) is 0 Å². The second-order valence-corrected chi connectivity index (χ2v) is 5.47. The number of ether oxygens (including phenoxy) is 1. The quantitative estimate of drug-likeness (QED) is 0.869. The summed E-state index contributed by atoms with van der Waals surface area (Å²) in [6, 6.07) is 14.5. The van der Waals surface area contributed by atoms with Crippen molar-refractivity contribution in [3.63, 3.8) is 0 Å². The van der Waals surface area contributed by atoms with Crippen molar-refractivity contribution in [2.75, 3.05) is 4.90 Å². The molecule has 1 aliphatic heterocycles. The lowest BCUT2D eigenvalue weighted by Crippen LogP contribution is -2.45. The van der Waals surface area contributed by atoms with Crippen LogP contribution < -0.4 is 10.2 Å². The van der Waals surface area contributed by atoms with Crippen molar-refractivity contribution in [1.29, 1.82) is 0 Å². The van der Waals surface area contributed by atoms with Crippen LogP contribution in [0.4, 0.5) is 15.3 Å². The number of nitrogens with zero attached hydrogens (tertiary/aromatic N) is 1. The zero-order valence-corrected chi connectivity index (χ0v) is 13.3. The molecule has 0 aromatic heterocycles. The van der Waals surface area contributed by atoms with Crippen LogP contribution in [-0.2, 0) is 16.1 Å². The molecule has 1 atom stereocenters. The Hall–Kier alpha value is -3.41. The summed E-state index contributed by atoms with van der Waals surface area (Å²) in [5.74, 6) is -0.325. The summed E-state index contributed by atoms with van der Waals surface area (Å²) < 4.78 is 5.04. The van der Waals surface area contributed by atoms with Crippen LogP contribution in [0.5, 0.6) is 0 Å². The van der Waals surface area contributed by atoms with E-state index in [-0.39, 0.29) is 12.4 Å². The number of alkyl carbamates (subject to hydrolysis) is 1. The molecule has 0 radical (unpaired) electrons. The third kappa shape index (κ3) is 3.42. The standard InChI is InChI=1S/C19H16N2O4/c1-2-16(22)17-14-9-6-10-15(11-14)21(17)18(23)20-19(24)25-12-13-7-4-3-5-8-13/h2-11,17H,1,12H2,(H,20,23,24). The number of nitrogens with one attached hydrogen (secondary N) is 1. The predicted octanol–water partition coefficient (Wildman–Crippen LogP) is 3.35. The lowest BCUT2D eigenvalue weighted by atomic mass is 10.1. The van der Waals surface area contributed by atoms with E-state index in [0.29, 0.717) is 11.3 Å². The van der Waals surface area contributed by atoms with Gasteiger partial charge in [0.25, 0.3) is 0 Å². The molecule has 3 amide bonds. The smallest absolute Gasteiger partial charge is 0.415 e. The van der Waals surface area contributed by atoms with E-state index >= 15 is 0 Å². The fourth-order valence-electron chi connectivity index (χ4n) is 2.69. The molecule has 0 saturated carbocycles. The van der Waals surface area contributed by atoms with E-state index in [1.807, 2.05) is 18.2 Å². The maximum Gasteiger partial charge on any atom is 0.415 e. The normalized spacial score (nSPS) is 14.7. The molecule has 2 bridgehead atoms. The van der Waals surface area contributed by atoms with Crippen molar-refractivity contribution in [2.45, 2.75) is 12.6 Å². The summed E-state index contributed by atoms with van der Waals surface area (Å²) in [6.07, 6.45) is 0.285. The Morgan fingerprint density at radius 1 is 1.12 bits per heavy atom. The summed E-state index contributed by atoms with van der Waals surface area (Å²) in [6.45, 7) is 3.51. The Kier molecular flexibility index (Phi) is 4.61. The van der Waals surface area contributed by atoms with Crippen molar-refractivity contribution in [3.05, 3.63) is 78.4 Å². The molecule has 6 nitrogen and oxygen atoms in total. The van der Waals surface area contributed by atoms with Crippen LogP contribution in [0.1, 0.15) is 17.2 Å². The first-order valence-corrected chi connectivity index (χ1v) is 7.67. The van der Waals surface area contributed by atoms with Crippen LogP contribution >= 0.6 is 0 Å². The third-order valence-electron chi connectivity index (χ3n) is 3.83. The van der Waals surface area contributed by atoms with Gasteiger partial charge < -0.3 is 4.74 Å². The van der Waals surface area contributed by atoms with Crippen LogP contribution in [0.2, 0.25) is 0 Å². The van der Waals surface area contributed by atoms with Crippen molar-refractivity contribution < 1.29 is 19.1 Å². The minimum atomic E-state index is -0.876. The molecular formula is C19H16N2O4. The van der Waals surface area contributed by atoms with Gasteiger partial charge in [-0.15, -0.1) is 0 Å². The molecule has 1 N–H and O–H groups in total. The van der Waals surface area contributed by atoms with Gasteiger partial charge >= 0.3 is 12.1 Å². The lowest BCUT2D eigenvalue weighted by molar-refractivity contribution is -0.115. The fourth-order valence-corrected chi connectivity index (χ4v) is 2.69. The van der Waals surface area contributed by atoms with Crippen LogP contribution in [0.15, 0.2) is 67.3 Å². The average molecular weight is 336 g/mol. The van der Waals surface area contributed by atoms with E-state index in [1.54, 1.807) is 36.4 Å². The number of anilines is 1. The number of urea groups is 1. The zero-order chi connectivity index (χ0) is 17.8. The molecule has 0 fully saturated rings. The first-order valence-electron chi connectivity index (χ1n) is 7.67. The summed E-state index contributed by atoms with van der Waals surface area (Å²) in [7, 11) is 0. The van der Waals surface area contributed by atoms with E-state index in [2.05, 4.69) is 11.9 Å². The first-order chi connectivity index (χ1) is 12.1. The van der Waals surface area contributed by atoms with Crippen LogP contribution in [0.3, 0.4) is 0 Å². The monoisotopic (exact) mass is 336 g/mol. The lowest BCUT2D eigenvalue weighted by Gasteiger charge is -2.23. The Labute approximate surface area is 144 Å². The fraction of sp³-hybridized carbons (Fsp3) is 0.105. The molecule has 1 aliphatic rings. The SMILES string of the molecule is C=CC(=O)C1c2cccc(c2)N1C(=O)NC(=O)OCc1ccccc1. The number of benzene rings is 2. The van der Waals surface area contributed by atoms with Crippen molar-refractivity contribution in [1.82, 2.24) is 5.32 Å². The largest absolute Gasteiger partial charge is 0.444 e. The molecule has 2 aromatic rings. The number of fused-ring (bicyclic) bond motifs is 2. The van der Waals surface area contributed by atoms with Crippen LogP contribution in [0.25, 0.3) is 0 Å². The van der Waals surface area contributed by atoms with Crippen LogP contribution in [0, 0.1) is 0 Å². The summed E-state index contributed by atoms with van der Waals surface area (Å²) >= 11 is 0. The van der Waals surface area contributed by atoms with Gasteiger partial charge in [0.05, 0.1) is 0 Å². The molecule has 0 spiro atoms. The van der Waals surface area contributed by atoms with E-state index in [4.69, 9.17) is 4.74 Å². The number of hydrogen-bond acceptors (Lipinski definition) is 4. The Bertz CT molecular complexity index is 832. The van der Waals surface area contributed by atoms with Crippen molar-refractivity contribution in [3.8, 4) is 0 Å². The van der Waals surface area contributed by atoms with Gasteiger partial charge in [-0.05, 0) is 29.3 Å². The van der Waals surface area contributed by atoms with Gasteiger partial charge in [-0.1, -0.05) is 49.0 Å². The van der Waals surface area contributed by atoms with E-state index in [0.717, 1.165) is 11.6 Å². The molecular weight excluding hydrogens is 320 g/mol. The highest BCUT2D eigenvalue weighted by molar-refractivity contribution is 6.09. The van der Waals surface area contributed by atoms with Crippen molar-refractivity contribution >= 4 is 23.6 Å². The number of amides is 3. The molecule has 126 valence electrons. The number of carbonyl (C=O) groups is 3. The highest BCUT2D eigenvalue weighted by Gasteiger charge is 2.36. The molecule has 0 saturated heterocycles. The molecule has 1 heterocycles. The molecule has 0 aliphatic carbocycles. The van der Waals surface area contributed by atoms with Crippen molar-refractivity contribution in [2.24, 2.45) is 0 Å². The maximum atomic E-state index is 12.5. The summed E-state index contributed by atoms with van der Waals surface area (Å²) in [4.78, 5) is 37.7. The number of imide groups is 1. The van der Waals surface area contributed by atoms with Gasteiger partial charge in [-0.3, -0.25) is 9.69 Å². The average Bonchev–Trinajstić information content (AvgIpc) is 2.90. The highest BCUT2D eigenvalue weighted by Crippen LogP contribution is 2.36. The second-order valence-electron chi connectivity index (χ2n) is 5.47. The molecule has 1 unspecified atom stereocenters. The predicted molar refractivity (Wildman–Crippen MR) is 92.0 cm³/mol.